The van der Waals surface area contributed by atoms with E-state index in [1.807, 2.05) is 19.9 Å². The molecule has 6 nitrogen and oxygen atoms in total. The number of nitrogens with zero attached hydrogens (tertiary/aromatic N) is 1. The minimum atomic E-state index is -0.762. The number of carbonyl (C=O) groups excluding carboxylic acids is 3. The van der Waals surface area contributed by atoms with Crippen LogP contribution in [0.15, 0.2) is 52.5 Å². The zero-order valence-corrected chi connectivity index (χ0v) is 17.1. The van der Waals surface area contributed by atoms with E-state index in [-0.39, 0.29) is 5.57 Å². The first-order chi connectivity index (χ1) is 13.4. The molecule has 0 bridgehead atoms. The molecule has 3 rings (SSSR count). The van der Waals surface area contributed by atoms with Gasteiger partial charge in [-0.05, 0) is 70.7 Å². The highest BCUT2D eigenvalue weighted by atomic mass is 79.9. The van der Waals surface area contributed by atoms with Gasteiger partial charge in [0.15, 0.2) is 0 Å². The molecule has 0 saturated carbocycles. The van der Waals surface area contributed by atoms with E-state index in [9.17, 15) is 14.4 Å². The molecule has 2 aromatic rings. The normalized spacial score (nSPS) is 15.8. The van der Waals surface area contributed by atoms with Crippen LogP contribution >= 0.6 is 15.9 Å². The van der Waals surface area contributed by atoms with Crippen molar-refractivity contribution in [3.05, 3.63) is 63.6 Å². The van der Waals surface area contributed by atoms with Gasteiger partial charge in [0.25, 0.3) is 11.8 Å². The number of nitrogens with one attached hydrogen (secondary N) is 1. The summed E-state index contributed by atoms with van der Waals surface area (Å²) < 4.78 is 6.32. The summed E-state index contributed by atoms with van der Waals surface area (Å²) >= 11 is 3.43. The third-order valence-corrected chi connectivity index (χ3v) is 4.71. The van der Waals surface area contributed by atoms with Crippen LogP contribution in [0, 0.1) is 6.92 Å². The van der Waals surface area contributed by atoms with Crippen LogP contribution in [-0.4, -0.2) is 24.5 Å². The number of halogens is 1. The summed E-state index contributed by atoms with van der Waals surface area (Å²) in [7, 11) is 0. The Hall–Kier alpha value is -2.93. The smallest absolute Gasteiger partial charge is 0.335 e. The molecule has 0 radical (unpaired) electrons. The first-order valence-corrected chi connectivity index (χ1v) is 9.60. The highest BCUT2D eigenvalue weighted by Crippen LogP contribution is 2.28. The first kappa shape index (κ1) is 19.8. The highest BCUT2D eigenvalue weighted by Gasteiger charge is 2.36. The molecular formula is C21H19BrN2O4. The van der Waals surface area contributed by atoms with Crippen molar-refractivity contribution in [1.29, 1.82) is 0 Å². The van der Waals surface area contributed by atoms with Gasteiger partial charge in [-0.15, -0.1) is 0 Å². The quantitative estimate of drug-likeness (QED) is 0.555. The number of carbonyl (C=O) groups is 3. The number of hydrogen-bond donors (Lipinski definition) is 1. The van der Waals surface area contributed by atoms with Crippen molar-refractivity contribution in [1.82, 2.24) is 5.32 Å². The topological polar surface area (TPSA) is 75.7 Å². The van der Waals surface area contributed by atoms with Gasteiger partial charge >= 0.3 is 6.03 Å². The predicted molar refractivity (Wildman–Crippen MR) is 110 cm³/mol. The molecule has 144 valence electrons. The van der Waals surface area contributed by atoms with Crippen molar-refractivity contribution in [3.8, 4) is 5.75 Å². The number of aryl methyl sites for hydroxylation is 1. The molecule has 1 N–H and O–H groups in total. The van der Waals surface area contributed by atoms with Crippen molar-refractivity contribution in [2.45, 2.75) is 20.3 Å². The fourth-order valence-corrected chi connectivity index (χ4v) is 3.27. The number of benzene rings is 2. The number of anilines is 1. The van der Waals surface area contributed by atoms with Crippen molar-refractivity contribution < 1.29 is 19.1 Å². The van der Waals surface area contributed by atoms with Crippen LogP contribution in [0.2, 0.25) is 0 Å². The van der Waals surface area contributed by atoms with Gasteiger partial charge in [-0.3, -0.25) is 14.9 Å². The van der Waals surface area contributed by atoms with Crippen molar-refractivity contribution >= 4 is 45.5 Å². The van der Waals surface area contributed by atoms with E-state index >= 15 is 0 Å². The lowest BCUT2D eigenvalue weighted by Crippen LogP contribution is -2.54. The monoisotopic (exact) mass is 442 g/mol. The highest BCUT2D eigenvalue weighted by molar-refractivity contribution is 9.10. The molecule has 0 aliphatic carbocycles. The molecule has 1 heterocycles. The Balaban J connectivity index is 1.94. The van der Waals surface area contributed by atoms with Gasteiger partial charge in [0.1, 0.15) is 11.3 Å². The second kappa shape index (κ2) is 8.39. The van der Waals surface area contributed by atoms with Crippen molar-refractivity contribution in [3.63, 3.8) is 0 Å². The summed E-state index contributed by atoms with van der Waals surface area (Å²) in [6.45, 7) is 4.46. The predicted octanol–water partition coefficient (Wildman–Crippen LogP) is 4.21. The minimum Gasteiger partial charge on any atom is -0.492 e. The van der Waals surface area contributed by atoms with E-state index in [0.29, 0.717) is 28.1 Å². The lowest BCUT2D eigenvalue weighted by molar-refractivity contribution is -0.122. The number of rotatable bonds is 5. The van der Waals surface area contributed by atoms with Crippen LogP contribution < -0.4 is 15.0 Å². The van der Waals surface area contributed by atoms with E-state index in [1.165, 1.54) is 6.08 Å². The number of hydrogen-bond acceptors (Lipinski definition) is 4. The molecule has 2 aromatic carbocycles. The van der Waals surface area contributed by atoms with E-state index in [1.54, 1.807) is 36.4 Å². The Morgan fingerprint density at radius 1 is 1.14 bits per heavy atom. The molecule has 7 heteroatoms. The van der Waals surface area contributed by atoms with Gasteiger partial charge in [-0.2, -0.15) is 0 Å². The summed E-state index contributed by atoms with van der Waals surface area (Å²) in [4.78, 5) is 38.4. The summed E-state index contributed by atoms with van der Waals surface area (Å²) in [5, 5.41) is 2.22. The second-order valence-electron chi connectivity index (χ2n) is 6.34. The van der Waals surface area contributed by atoms with Crippen LogP contribution in [0.4, 0.5) is 10.5 Å². The van der Waals surface area contributed by atoms with E-state index < -0.39 is 17.8 Å². The van der Waals surface area contributed by atoms with Gasteiger partial charge in [0.2, 0.25) is 0 Å². The third kappa shape index (κ3) is 4.14. The van der Waals surface area contributed by atoms with Crippen LogP contribution in [-0.2, 0) is 9.59 Å². The molecule has 0 unspecified atom stereocenters. The molecule has 28 heavy (non-hydrogen) atoms. The van der Waals surface area contributed by atoms with Crippen LogP contribution in [0.1, 0.15) is 24.5 Å². The van der Waals surface area contributed by atoms with E-state index in [4.69, 9.17) is 4.74 Å². The number of urea groups is 1. The van der Waals surface area contributed by atoms with Crippen LogP contribution in [0.3, 0.4) is 0 Å². The molecule has 1 saturated heterocycles. The fraction of sp³-hybridized carbons (Fsp3) is 0.190. The average molecular weight is 443 g/mol. The van der Waals surface area contributed by atoms with Crippen LogP contribution in [0.5, 0.6) is 5.75 Å². The Morgan fingerprint density at radius 3 is 2.61 bits per heavy atom. The maximum absolute atomic E-state index is 12.9. The van der Waals surface area contributed by atoms with Gasteiger partial charge in [0, 0.05) is 0 Å². The van der Waals surface area contributed by atoms with Crippen LogP contribution in [0.25, 0.3) is 6.08 Å². The molecule has 0 atom stereocenters. The SMILES string of the molecule is CCCOc1ccc(/C=C2\C(=O)NC(=O)N(c3cccc(C)c3)C2=O)cc1Br. The largest absolute Gasteiger partial charge is 0.492 e. The lowest BCUT2D eigenvalue weighted by Gasteiger charge is -2.26. The fourth-order valence-electron chi connectivity index (χ4n) is 2.76. The summed E-state index contributed by atoms with van der Waals surface area (Å²) in [5.74, 6) is -0.705. The van der Waals surface area contributed by atoms with Gasteiger partial charge in [-0.25, -0.2) is 9.69 Å². The zero-order chi connectivity index (χ0) is 20.3. The second-order valence-corrected chi connectivity index (χ2v) is 7.19. The van der Waals surface area contributed by atoms with Gasteiger partial charge in [0.05, 0.1) is 16.8 Å². The Kier molecular flexibility index (Phi) is 5.94. The third-order valence-electron chi connectivity index (χ3n) is 4.09. The van der Waals surface area contributed by atoms with E-state index in [0.717, 1.165) is 16.9 Å². The maximum atomic E-state index is 12.9. The zero-order valence-electron chi connectivity index (χ0n) is 15.5. The summed E-state index contributed by atoms with van der Waals surface area (Å²) in [5.41, 5.74) is 1.82. The lowest BCUT2D eigenvalue weighted by atomic mass is 10.1. The molecular weight excluding hydrogens is 424 g/mol. The summed E-state index contributed by atoms with van der Waals surface area (Å²) in [6, 6.07) is 11.5. The molecule has 1 aliphatic rings. The Bertz CT molecular complexity index is 984. The van der Waals surface area contributed by atoms with Crippen molar-refractivity contribution in [2.75, 3.05) is 11.5 Å². The average Bonchev–Trinajstić information content (AvgIpc) is 2.64. The molecule has 1 aliphatic heterocycles. The van der Waals surface area contributed by atoms with Gasteiger partial charge in [-0.1, -0.05) is 25.1 Å². The Morgan fingerprint density at radius 2 is 1.93 bits per heavy atom. The summed E-state index contributed by atoms with van der Waals surface area (Å²) in [6.07, 6.45) is 2.34. The number of ether oxygens (including phenoxy) is 1. The molecule has 0 aromatic heterocycles. The molecule has 1 fully saturated rings. The number of barbiturate groups is 1. The minimum absolute atomic E-state index is 0.116. The Labute approximate surface area is 171 Å². The number of imide groups is 2. The van der Waals surface area contributed by atoms with E-state index in [2.05, 4.69) is 21.2 Å². The molecule has 4 amide bonds. The van der Waals surface area contributed by atoms with Crippen molar-refractivity contribution in [2.24, 2.45) is 0 Å². The standard InChI is InChI=1S/C21H19BrN2O4/c1-3-9-28-18-8-7-14(12-17(18)22)11-16-19(25)23-21(27)24(20(16)26)15-6-4-5-13(2)10-15/h4-8,10-12H,3,9H2,1-2H3,(H,23,25,27)/b16-11+. The first-order valence-electron chi connectivity index (χ1n) is 8.81. The molecule has 0 spiro atoms. The van der Waals surface area contributed by atoms with Gasteiger partial charge < -0.3 is 4.74 Å². The number of amides is 4. The maximum Gasteiger partial charge on any atom is 0.335 e.